The maximum absolute atomic E-state index is 12.2. The lowest BCUT2D eigenvalue weighted by Gasteiger charge is -2.28. The average Bonchev–Trinajstić information content (AvgIpc) is 2.93. The van der Waals surface area contributed by atoms with Gasteiger partial charge in [-0.2, -0.15) is 0 Å². The van der Waals surface area contributed by atoms with Crippen LogP contribution in [0.15, 0.2) is 0 Å². The summed E-state index contributed by atoms with van der Waals surface area (Å²) in [5, 5.41) is 11.6. The number of aliphatic carboxylic acids is 1. The number of hydrogen-bond donors (Lipinski definition) is 4. The molecule has 2 aliphatic carbocycles. The summed E-state index contributed by atoms with van der Waals surface area (Å²) in [6.45, 7) is 0. The van der Waals surface area contributed by atoms with Crippen molar-refractivity contribution in [1.29, 1.82) is 0 Å². The lowest BCUT2D eigenvalue weighted by Crippen LogP contribution is -2.50. The Labute approximate surface area is 117 Å². The van der Waals surface area contributed by atoms with Crippen molar-refractivity contribution in [2.24, 2.45) is 29.2 Å². The van der Waals surface area contributed by atoms with Gasteiger partial charge in [-0.25, -0.2) is 4.79 Å². The number of carbonyl (C=O) groups is 3. The van der Waals surface area contributed by atoms with Crippen LogP contribution in [-0.2, 0) is 14.4 Å². The number of hydrogen-bond acceptors (Lipinski definition) is 4. The predicted molar refractivity (Wildman–Crippen MR) is 70.3 cm³/mol. The van der Waals surface area contributed by atoms with Gasteiger partial charge in [-0.15, -0.1) is 0 Å². The van der Waals surface area contributed by atoms with Gasteiger partial charge in [-0.1, -0.05) is 0 Å². The van der Waals surface area contributed by atoms with E-state index in [1.54, 1.807) is 0 Å². The summed E-state index contributed by atoms with van der Waals surface area (Å²) in [6, 6.07) is -1.26. The van der Waals surface area contributed by atoms with E-state index in [0.29, 0.717) is 5.92 Å². The molecule has 2 amide bonds. The molecule has 112 valence electrons. The standard InChI is InChI=1S/C13H21N3O4/c14-9(17)4-3-8(13(19)20)16-12(18)10-6-1-2-7(5-6)11(10)15/h6-8,10-11H,1-5,15H2,(H2,14,17)(H,16,18)(H,19,20). The number of carbonyl (C=O) groups excluding carboxylic acids is 2. The summed E-state index contributed by atoms with van der Waals surface area (Å²) in [5.41, 5.74) is 11.1. The average molecular weight is 283 g/mol. The van der Waals surface area contributed by atoms with Gasteiger partial charge in [0.05, 0.1) is 5.92 Å². The van der Waals surface area contributed by atoms with Gasteiger partial charge >= 0.3 is 5.97 Å². The van der Waals surface area contributed by atoms with Crippen LogP contribution in [0.5, 0.6) is 0 Å². The van der Waals surface area contributed by atoms with Crippen molar-refractivity contribution < 1.29 is 19.5 Å². The van der Waals surface area contributed by atoms with Crippen LogP contribution in [-0.4, -0.2) is 35.0 Å². The molecule has 0 heterocycles. The summed E-state index contributed by atoms with van der Waals surface area (Å²) in [7, 11) is 0. The maximum atomic E-state index is 12.2. The topological polar surface area (TPSA) is 136 Å². The lowest BCUT2D eigenvalue weighted by molar-refractivity contribution is -0.143. The predicted octanol–water partition coefficient (Wildman–Crippen LogP) is -0.805. The summed E-state index contributed by atoms with van der Waals surface area (Å²) < 4.78 is 0. The van der Waals surface area contributed by atoms with E-state index in [2.05, 4.69) is 5.32 Å². The molecule has 0 aromatic carbocycles. The summed E-state index contributed by atoms with van der Waals surface area (Å²) in [5.74, 6) is -1.70. The molecule has 5 atom stereocenters. The second kappa shape index (κ2) is 5.78. The Hall–Kier alpha value is -1.63. The molecular weight excluding hydrogens is 262 g/mol. The Balaban J connectivity index is 1.94. The van der Waals surface area contributed by atoms with Gasteiger partial charge in [0.15, 0.2) is 0 Å². The number of nitrogens with two attached hydrogens (primary N) is 2. The molecule has 0 saturated heterocycles. The van der Waals surface area contributed by atoms with Crippen LogP contribution < -0.4 is 16.8 Å². The molecule has 2 aliphatic rings. The largest absolute Gasteiger partial charge is 0.480 e. The number of carboxylic acid groups (broad SMARTS) is 1. The molecule has 2 bridgehead atoms. The van der Waals surface area contributed by atoms with Crippen molar-refractivity contribution in [3.8, 4) is 0 Å². The van der Waals surface area contributed by atoms with Crippen molar-refractivity contribution in [3.05, 3.63) is 0 Å². The summed E-state index contributed by atoms with van der Waals surface area (Å²) >= 11 is 0. The first-order chi connectivity index (χ1) is 9.40. The van der Waals surface area contributed by atoms with Crippen molar-refractivity contribution in [1.82, 2.24) is 5.32 Å². The van der Waals surface area contributed by atoms with Crippen LogP contribution in [0.2, 0.25) is 0 Å². The molecule has 5 unspecified atom stereocenters. The van der Waals surface area contributed by atoms with E-state index in [1.807, 2.05) is 0 Å². The van der Waals surface area contributed by atoms with E-state index in [1.165, 1.54) is 0 Å². The van der Waals surface area contributed by atoms with Crippen LogP contribution in [0.3, 0.4) is 0 Å². The van der Waals surface area contributed by atoms with Crippen molar-refractivity contribution in [3.63, 3.8) is 0 Å². The molecule has 0 aliphatic heterocycles. The van der Waals surface area contributed by atoms with E-state index in [-0.39, 0.29) is 36.6 Å². The Morgan fingerprint density at radius 1 is 1.25 bits per heavy atom. The van der Waals surface area contributed by atoms with Gasteiger partial charge in [-0.05, 0) is 37.5 Å². The van der Waals surface area contributed by atoms with Crippen molar-refractivity contribution >= 4 is 17.8 Å². The molecule has 0 aromatic rings. The fourth-order valence-corrected chi connectivity index (χ4v) is 3.54. The maximum Gasteiger partial charge on any atom is 0.326 e. The number of rotatable bonds is 6. The normalized spacial score (nSPS) is 32.9. The number of amides is 2. The monoisotopic (exact) mass is 283 g/mol. The zero-order chi connectivity index (χ0) is 14.9. The Morgan fingerprint density at radius 3 is 2.40 bits per heavy atom. The summed E-state index contributed by atoms with van der Waals surface area (Å²) in [4.78, 5) is 34.1. The second-order valence-electron chi connectivity index (χ2n) is 5.84. The Kier molecular flexibility index (Phi) is 4.27. The number of fused-ring (bicyclic) bond motifs is 2. The van der Waals surface area contributed by atoms with Gasteiger partial charge in [-0.3, -0.25) is 9.59 Å². The van der Waals surface area contributed by atoms with E-state index < -0.39 is 17.9 Å². The highest BCUT2D eigenvalue weighted by atomic mass is 16.4. The van der Waals surface area contributed by atoms with Gasteiger partial charge in [0.2, 0.25) is 11.8 Å². The van der Waals surface area contributed by atoms with Crippen LogP contribution >= 0.6 is 0 Å². The van der Waals surface area contributed by atoms with Gasteiger partial charge in [0.25, 0.3) is 0 Å². The number of primary amides is 1. The zero-order valence-electron chi connectivity index (χ0n) is 11.2. The van der Waals surface area contributed by atoms with Crippen LogP contribution in [0.4, 0.5) is 0 Å². The fraction of sp³-hybridized carbons (Fsp3) is 0.769. The minimum absolute atomic E-state index is 0.00641. The quantitative estimate of drug-likeness (QED) is 0.505. The molecule has 2 rings (SSSR count). The van der Waals surface area contributed by atoms with Crippen LogP contribution in [0.1, 0.15) is 32.1 Å². The van der Waals surface area contributed by atoms with E-state index in [9.17, 15) is 14.4 Å². The molecular formula is C13H21N3O4. The van der Waals surface area contributed by atoms with Gasteiger partial charge in [0.1, 0.15) is 6.04 Å². The fourth-order valence-electron chi connectivity index (χ4n) is 3.54. The molecule has 0 aromatic heterocycles. The third-order valence-corrected chi connectivity index (χ3v) is 4.58. The first-order valence-corrected chi connectivity index (χ1v) is 6.97. The summed E-state index contributed by atoms with van der Waals surface area (Å²) in [6.07, 6.45) is 2.93. The smallest absolute Gasteiger partial charge is 0.326 e. The van der Waals surface area contributed by atoms with E-state index in [0.717, 1.165) is 19.3 Å². The SMILES string of the molecule is NC(=O)CCC(NC(=O)C1C2CCC(C2)C1N)C(=O)O. The van der Waals surface area contributed by atoms with Gasteiger partial charge in [0, 0.05) is 12.5 Å². The van der Waals surface area contributed by atoms with E-state index in [4.69, 9.17) is 16.6 Å². The molecule has 7 nitrogen and oxygen atoms in total. The third kappa shape index (κ3) is 2.92. The van der Waals surface area contributed by atoms with Crippen molar-refractivity contribution in [2.45, 2.75) is 44.2 Å². The third-order valence-electron chi connectivity index (χ3n) is 4.58. The number of carboxylic acids is 1. The van der Waals surface area contributed by atoms with Crippen molar-refractivity contribution in [2.75, 3.05) is 0 Å². The Bertz CT molecular complexity index is 424. The molecule has 0 radical (unpaired) electrons. The van der Waals surface area contributed by atoms with E-state index >= 15 is 0 Å². The highest BCUT2D eigenvalue weighted by molar-refractivity contribution is 5.86. The van der Waals surface area contributed by atoms with Gasteiger partial charge < -0.3 is 21.9 Å². The zero-order valence-corrected chi connectivity index (χ0v) is 11.2. The molecule has 2 fully saturated rings. The minimum Gasteiger partial charge on any atom is -0.480 e. The molecule has 20 heavy (non-hydrogen) atoms. The molecule has 0 spiro atoms. The minimum atomic E-state index is -1.16. The Morgan fingerprint density at radius 2 is 1.90 bits per heavy atom. The highest BCUT2D eigenvalue weighted by Gasteiger charge is 2.49. The first kappa shape index (κ1) is 14.8. The first-order valence-electron chi connectivity index (χ1n) is 6.97. The number of nitrogens with one attached hydrogen (secondary N) is 1. The molecule has 6 N–H and O–H groups in total. The second-order valence-corrected chi connectivity index (χ2v) is 5.84. The molecule has 7 heteroatoms. The lowest BCUT2D eigenvalue weighted by atomic mass is 9.84. The highest BCUT2D eigenvalue weighted by Crippen LogP contribution is 2.47. The molecule has 2 saturated carbocycles. The van der Waals surface area contributed by atoms with Crippen LogP contribution in [0.25, 0.3) is 0 Å². The van der Waals surface area contributed by atoms with Crippen LogP contribution in [0, 0.1) is 17.8 Å².